The summed E-state index contributed by atoms with van der Waals surface area (Å²) in [5, 5.41) is 14.1. The van der Waals surface area contributed by atoms with Crippen LogP contribution in [-0.2, 0) is 11.2 Å². The zero-order valence-electron chi connectivity index (χ0n) is 15.0. The zero-order chi connectivity index (χ0) is 19.4. The minimum absolute atomic E-state index is 0.0820. The number of nitrogens with one attached hydrogen (secondary N) is 1. The van der Waals surface area contributed by atoms with Gasteiger partial charge < -0.3 is 15.4 Å². The van der Waals surface area contributed by atoms with Gasteiger partial charge in [0.15, 0.2) is 12.4 Å². The molecule has 1 saturated heterocycles. The van der Waals surface area contributed by atoms with Gasteiger partial charge in [-0.05, 0) is 38.0 Å². The highest BCUT2D eigenvalue weighted by Gasteiger charge is 2.39. The van der Waals surface area contributed by atoms with Crippen molar-refractivity contribution in [1.82, 2.24) is 15.2 Å². The largest absolute Gasteiger partial charge is 0.619 e. The van der Waals surface area contributed by atoms with Crippen molar-refractivity contribution < 1.29 is 18.7 Å². The number of nitrogens with zero attached hydrogens (tertiary/aromatic N) is 3. The molecule has 1 N–H and O–H groups in total. The number of likely N-dealkylation sites (tertiary alicyclic amines) is 1. The first-order valence-corrected chi connectivity index (χ1v) is 8.75. The number of carbonyl (C=O) groups is 2. The first kappa shape index (κ1) is 18.8. The summed E-state index contributed by atoms with van der Waals surface area (Å²) in [6.45, 7) is 2.80. The van der Waals surface area contributed by atoms with Crippen LogP contribution in [0, 0.1) is 11.0 Å². The van der Waals surface area contributed by atoms with Crippen LogP contribution in [-0.4, -0.2) is 40.3 Å². The van der Waals surface area contributed by atoms with Crippen LogP contribution in [0.25, 0.3) is 0 Å². The highest BCUT2D eigenvalue weighted by Crippen LogP contribution is 2.29. The van der Waals surface area contributed by atoms with Gasteiger partial charge in [0.1, 0.15) is 11.4 Å². The average molecular weight is 372 g/mol. The second kappa shape index (κ2) is 7.69. The smallest absolute Gasteiger partial charge is 0.257 e. The molecule has 8 heteroatoms. The monoisotopic (exact) mass is 372 g/mol. The van der Waals surface area contributed by atoms with Gasteiger partial charge in [-0.3, -0.25) is 14.6 Å². The average Bonchev–Trinajstić information content (AvgIpc) is 3.04. The number of rotatable bonds is 5. The van der Waals surface area contributed by atoms with Crippen molar-refractivity contribution >= 4 is 11.8 Å². The molecule has 142 valence electrons. The maximum absolute atomic E-state index is 13.0. The fourth-order valence-corrected chi connectivity index (χ4v) is 3.36. The van der Waals surface area contributed by atoms with Crippen molar-refractivity contribution in [2.75, 3.05) is 13.1 Å². The summed E-state index contributed by atoms with van der Waals surface area (Å²) in [7, 11) is 0. The third-order valence-electron chi connectivity index (χ3n) is 4.84. The predicted octanol–water partition coefficient (Wildman–Crippen LogP) is 1.21. The molecule has 0 aromatic carbocycles. The summed E-state index contributed by atoms with van der Waals surface area (Å²) in [4.78, 5) is 30.7. The lowest BCUT2D eigenvalue weighted by Crippen LogP contribution is -2.52. The van der Waals surface area contributed by atoms with Gasteiger partial charge >= 0.3 is 0 Å². The quantitative estimate of drug-likeness (QED) is 0.631. The second-order valence-corrected chi connectivity index (χ2v) is 6.93. The SMILES string of the molecule is C[C@]1(CNC(=O)c2ccc[n+]([O-])c2)CCCN1C(=O)Cc1ccc(F)cn1. The summed E-state index contributed by atoms with van der Waals surface area (Å²) in [6, 6.07) is 5.84. The van der Waals surface area contributed by atoms with E-state index in [0.29, 0.717) is 17.0 Å². The molecule has 0 unspecified atom stereocenters. The van der Waals surface area contributed by atoms with Crippen molar-refractivity contribution in [3.8, 4) is 0 Å². The van der Waals surface area contributed by atoms with E-state index in [-0.39, 0.29) is 30.3 Å². The van der Waals surface area contributed by atoms with Crippen LogP contribution in [0.15, 0.2) is 42.9 Å². The Hall–Kier alpha value is -3.03. The van der Waals surface area contributed by atoms with E-state index in [4.69, 9.17) is 0 Å². The first-order valence-electron chi connectivity index (χ1n) is 8.75. The Morgan fingerprint density at radius 3 is 2.93 bits per heavy atom. The normalized spacial score (nSPS) is 19.1. The first-order chi connectivity index (χ1) is 12.9. The summed E-state index contributed by atoms with van der Waals surface area (Å²) in [5.41, 5.74) is 0.251. The summed E-state index contributed by atoms with van der Waals surface area (Å²) < 4.78 is 13.5. The number of hydrogen-bond acceptors (Lipinski definition) is 4. The van der Waals surface area contributed by atoms with E-state index in [2.05, 4.69) is 10.3 Å². The molecule has 0 bridgehead atoms. The standard InChI is InChI=1S/C19H21FN4O3/c1-19(13-22-18(26)14-4-2-8-23(27)12-14)7-3-9-24(19)17(25)10-16-6-5-15(20)11-21-16/h2,4-6,8,11-12H,3,7,9-10,13H2,1H3,(H,22,26)/t19-/m1/s1. The van der Waals surface area contributed by atoms with Crippen molar-refractivity contribution in [2.24, 2.45) is 0 Å². The van der Waals surface area contributed by atoms with Crippen LogP contribution in [0.1, 0.15) is 35.8 Å². The molecule has 0 radical (unpaired) electrons. The molecular formula is C19H21FN4O3. The molecule has 1 aliphatic heterocycles. The van der Waals surface area contributed by atoms with Gasteiger partial charge in [0.05, 0.1) is 18.2 Å². The molecule has 0 spiro atoms. The van der Waals surface area contributed by atoms with E-state index in [9.17, 15) is 19.2 Å². The lowest BCUT2D eigenvalue weighted by Gasteiger charge is -2.35. The molecule has 2 aromatic heterocycles. The number of aromatic nitrogens is 2. The second-order valence-electron chi connectivity index (χ2n) is 6.93. The van der Waals surface area contributed by atoms with Crippen molar-refractivity contribution in [1.29, 1.82) is 0 Å². The molecule has 3 rings (SSSR count). The summed E-state index contributed by atoms with van der Waals surface area (Å²) >= 11 is 0. The third kappa shape index (κ3) is 4.39. The Kier molecular flexibility index (Phi) is 5.34. The number of hydrogen-bond donors (Lipinski definition) is 1. The van der Waals surface area contributed by atoms with Crippen LogP contribution < -0.4 is 10.0 Å². The molecule has 1 atom stereocenters. The Bertz CT molecular complexity index is 843. The van der Waals surface area contributed by atoms with Crippen LogP contribution in [0.3, 0.4) is 0 Å². The summed E-state index contributed by atoms with van der Waals surface area (Å²) in [5.74, 6) is -0.915. The lowest BCUT2D eigenvalue weighted by atomic mass is 9.98. The van der Waals surface area contributed by atoms with Crippen LogP contribution in [0.4, 0.5) is 4.39 Å². The van der Waals surface area contributed by atoms with Gasteiger partial charge in [0.2, 0.25) is 5.91 Å². The van der Waals surface area contributed by atoms with Crippen LogP contribution in [0.5, 0.6) is 0 Å². The molecule has 1 aliphatic rings. The van der Waals surface area contributed by atoms with E-state index in [1.807, 2.05) is 6.92 Å². The van der Waals surface area contributed by atoms with Gasteiger partial charge in [-0.25, -0.2) is 4.39 Å². The lowest BCUT2D eigenvalue weighted by molar-refractivity contribution is -0.605. The van der Waals surface area contributed by atoms with Crippen LogP contribution in [0.2, 0.25) is 0 Å². The molecule has 1 fully saturated rings. The molecule has 0 aliphatic carbocycles. The fourth-order valence-electron chi connectivity index (χ4n) is 3.36. The van der Waals surface area contributed by atoms with Gasteiger partial charge in [0.25, 0.3) is 5.91 Å². The van der Waals surface area contributed by atoms with Crippen molar-refractivity contribution in [3.05, 3.63) is 65.1 Å². The van der Waals surface area contributed by atoms with Gasteiger partial charge in [-0.1, -0.05) is 0 Å². The maximum atomic E-state index is 13.0. The number of pyridine rings is 2. The van der Waals surface area contributed by atoms with E-state index < -0.39 is 11.4 Å². The van der Waals surface area contributed by atoms with E-state index in [1.54, 1.807) is 11.0 Å². The molecule has 2 aromatic rings. The van der Waals surface area contributed by atoms with Gasteiger partial charge in [0, 0.05) is 24.8 Å². The van der Waals surface area contributed by atoms with Crippen LogP contribution >= 0.6 is 0 Å². The van der Waals surface area contributed by atoms with E-state index >= 15 is 0 Å². The molecule has 27 heavy (non-hydrogen) atoms. The minimum atomic E-state index is -0.519. The highest BCUT2D eigenvalue weighted by atomic mass is 19.1. The third-order valence-corrected chi connectivity index (χ3v) is 4.84. The predicted molar refractivity (Wildman–Crippen MR) is 95.0 cm³/mol. The van der Waals surface area contributed by atoms with Gasteiger partial charge in [-0.15, -0.1) is 0 Å². The van der Waals surface area contributed by atoms with E-state index in [0.717, 1.165) is 19.0 Å². The van der Waals surface area contributed by atoms with Crippen molar-refractivity contribution in [2.45, 2.75) is 31.7 Å². The fraction of sp³-hybridized carbons (Fsp3) is 0.368. The Morgan fingerprint density at radius 1 is 1.41 bits per heavy atom. The molecule has 2 amide bonds. The minimum Gasteiger partial charge on any atom is -0.619 e. The molecule has 7 nitrogen and oxygen atoms in total. The topological polar surface area (TPSA) is 89.2 Å². The Balaban J connectivity index is 1.63. The van der Waals surface area contributed by atoms with E-state index in [1.165, 1.54) is 30.6 Å². The molecular weight excluding hydrogens is 351 g/mol. The Morgan fingerprint density at radius 2 is 2.22 bits per heavy atom. The highest BCUT2D eigenvalue weighted by molar-refractivity contribution is 5.93. The number of halogens is 1. The maximum Gasteiger partial charge on any atom is 0.257 e. The molecule has 3 heterocycles. The van der Waals surface area contributed by atoms with Crippen molar-refractivity contribution in [3.63, 3.8) is 0 Å². The molecule has 0 saturated carbocycles. The number of carbonyl (C=O) groups excluding carboxylic acids is 2. The zero-order valence-corrected chi connectivity index (χ0v) is 15.0. The number of amides is 2. The Labute approximate surface area is 156 Å². The summed E-state index contributed by atoms with van der Waals surface area (Å²) in [6.07, 6.45) is 5.27. The van der Waals surface area contributed by atoms with Gasteiger partial charge in [-0.2, -0.15) is 4.73 Å².